The average Bonchev–Trinajstić information content (AvgIpc) is 2.93. The van der Waals surface area contributed by atoms with Crippen LogP contribution in [0.15, 0.2) is 41.5 Å². The maximum Gasteiger partial charge on any atom is 0.416 e. The molecule has 1 aliphatic rings. The van der Waals surface area contributed by atoms with E-state index in [1.807, 2.05) is 4.90 Å². The molecule has 2 aromatic carbocycles. The number of rotatable bonds is 7. The normalized spacial score (nSPS) is 12.7. The van der Waals surface area contributed by atoms with Crippen molar-refractivity contribution in [3.05, 3.63) is 67.7 Å². The van der Waals surface area contributed by atoms with E-state index in [0.29, 0.717) is 26.3 Å². The van der Waals surface area contributed by atoms with Gasteiger partial charge in [-0.1, -0.05) is 29.3 Å². The highest BCUT2D eigenvalue weighted by Crippen LogP contribution is 2.32. The first-order valence-corrected chi connectivity index (χ1v) is 13.2. The predicted octanol–water partition coefficient (Wildman–Crippen LogP) is 5.31. The quantitative estimate of drug-likeness (QED) is 0.142. The van der Waals surface area contributed by atoms with Gasteiger partial charge in [-0.25, -0.2) is 5.43 Å². The zero-order valence-corrected chi connectivity index (χ0v) is 24.9. The first-order chi connectivity index (χ1) is 21.1. The average molecular weight is 677 g/mol. The molecule has 0 bridgehead atoms. The van der Waals surface area contributed by atoms with Crippen molar-refractivity contribution in [2.24, 2.45) is 5.10 Å². The summed E-state index contributed by atoms with van der Waals surface area (Å²) in [6.45, 7) is 4.02. The molecule has 3 aromatic rings. The lowest BCUT2D eigenvalue weighted by molar-refractivity contribution is -0.384. The first kappa shape index (κ1) is 36.4. The third-order valence-electron chi connectivity index (χ3n) is 4.99. The molecule has 0 unspecified atom stereocenters. The van der Waals surface area contributed by atoms with Crippen LogP contribution in [0.1, 0.15) is 25.0 Å². The number of aromatic nitrogens is 3. The number of hydrazone groups is 1. The number of carboxylic acids is 2. The van der Waals surface area contributed by atoms with Crippen LogP contribution in [0.25, 0.3) is 0 Å². The highest BCUT2D eigenvalue weighted by molar-refractivity contribution is 6.37. The van der Waals surface area contributed by atoms with Crippen molar-refractivity contribution in [2.45, 2.75) is 20.0 Å². The van der Waals surface area contributed by atoms with Crippen molar-refractivity contribution in [3.63, 3.8) is 0 Å². The molecule has 1 aliphatic heterocycles. The number of alkyl halides is 3. The summed E-state index contributed by atoms with van der Waals surface area (Å²) in [5, 5.41) is 32.7. The number of nitrogens with zero attached hydrogens (tertiary/aromatic N) is 6. The smallest absolute Gasteiger partial charge is 0.416 e. The van der Waals surface area contributed by atoms with Gasteiger partial charge in [-0.05, 0) is 24.3 Å². The fourth-order valence-electron chi connectivity index (χ4n) is 3.23. The molecule has 15 nitrogen and oxygen atoms in total. The maximum atomic E-state index is 13.1. The number of nitrogens with one attached hydrogen (secondary N) is 2. The van der Waals surface area contributed by atoms with E-state index in [4.69, 9.17) is 47.7 Å². The molecule has 1 saturated heterocycles. The summed E-state index contributed by atoms with van der Waals surface area (Å²) < 4.78 is 44.7. The molecule has 20 heteroatoms. The van der Waals surface area contributed by atoms with Crippen molar-refractivity contribution in [3.8, 4) is 0 Å². The minimum atomic E-state index is -4.52. The standard InChI is InChI=1S/C21H17Cl2F3N8O3.2C2H4O2/c22-15-10-16(23)17(34(35)36)8-12(15)11-27-32-19-29-18(30-20(31-19)33-4-6-37-7-5-33)28-14-3-1-2-13(9-14)21(24,25)26;2*1-2(3)4/h1-3,8-11H,4-7H2,(H2,28,29,30,31,32);2*1H3,(H,3,4)/b27-11+;;. The summed E-state index contributed by atoms with van der Waals surface area (Å²) in [4.78, 5) is 43.1. The van der Waals surface area contributed by atoms with E-state index in [2.05, 4.69) is 30.8 Å². The Morgan fingerprint density at radius 3 is 2.22 bits per heavy atom. The lowest BCUT2D eigenvalue weighted by Gasteiger charge is -2.27. The number of ether oxygens (including phenoxy) is 1. The van der Waals surface area contributed by atoms with Crippen LogP contribution in [-0.2, 0) is 20.5 Å². The largest absolute Gasteiger partial charge is 0.481 e. The van der Waals surface area contributed by atoms with E-state index in [1.165, 1.54) is 24.4 Å². The highest BCUT2D eigenvalue weighted by atomic mass is 35.5. The molecule has 0 amide bonds. The van der Waals surface area contributed by atoms with Crippen molar-refractivity contribution < 1.29 is 42.6 Å². The molecule has 1 fully saturated rings. The Bertz CT molecular complexity index is 1520. The summed E-state index contributed by atoms with van der Waals surface area (Å²) in [6.07, 6.45) is -3.31. The Morgan fingerprint density at radius 2 is 1.64 bits per heavy atom. The van der Waals surface area contributed by atoms with E-state index in [1.54, 1.807) is 0 Å². The number of hydrogen-bond donors (Lipinski definition) is 4. The lowest BCUT2D eigenvalue weighted by atomic mass is 10.2. The summed E-state index contributed by atoms with van der Waals surface area (Å²) in [5.41, 5.74) is 1.72. The van der Waals surface area contributed by atoms with E-state index >= 15 is 0 Å². The molecule has 242 valence electrons. The maximum absolute atomic E-state index is 13.1. The number of morpholine rings is 1. The van der Waals surface area contributed by atoms with Gasteiger partial charge >= 0.3 is 6.18 Å². The van der Waals surface area contributed by atoms with Crippen LogP contribution >= 0.6 is 23.2 Å². The predicted molar refractivity (Wildman–Crippen MR) is 159 cm³/mol. The molecule has 4 rings (SSSR count). The van der Waals surface area contributed by atoms with Crippen molar-refractivity contribution in [2.75, 3.05) is 41.9 Å². The summed E-state index contributed by atoms with van der Waals surface area (Å²) >= 11 is 11.9. The molecule has 1 aromatic heterocycles. The minimum Gasteiger partial charge on any atom is -0.481 e. The van der Waals surface area contributed by atoms with Gasteiger partial charge in [0.2, 0.25) is 17.8 Å². The Labute approximate surface area is 262 Å². The number of carboxylic acid groups (broad SMARTS) is 2. The van der Waals surface area contributed by atoms with Crippen LogP contribution in [-0.4, -0.2) is 74.5 Å². The second-order valence-corrected chi connectivity index (χ2v) is 9.39. The SMILES string of the molecule is CC(=O)O.CC(=O)O.O=[N+]([O-])c1cc(/C=N/Nc2nc(Nc3cccc(C(F)(F)F)c3)nc(N3CCOCC3)n2)c(Cl)cc1Cl. The molecule has 0 radical (unpaired) electrons. The summed E-state index contributed by atoms with van der Waals surface area (Å²) in [6, 6.07) is 6.95. The number of nitro groups is 1. The number of anilines is 4. The van der Waals surface area contributed by atoms with Gasteiger partial charge < -0.3 is 25.2 Å². The van der Waals surface area contributed by atoms with Crippen molar-refractivity contribution >= 4 is 70.6 Å². The molecule has 45 heavy (non-hydrogen) atoms. The molecule has 4 N–H and O–H groups in total. The lowest BCUT2D eigenvalue weighted by Crippen LogP contribution is -2.37. The second kappa shape index (κ2) is 16.9. The highest BCUT2D eigenvalue weighted by Gasteiger charge is 2.30. The topological polar surface area (TPSA) is 205 Å². The van der Waals surface area contributed by atoms with E-state index in [0.717, 1.165) is 32.0 Å². The van der Waals surface area contributed by atoms with Crippen molar-refractivity contribution in [1.82, 2.24) is 15.0 Å². The molecular formula is C25H25Cl2F3N8O7. The van der Waals surface area contributed by atoms with Crippen LogP contribution < -0.4 is 15.6 Å². The number of carbonyl (C=O) groups is 2. The molecule has 0 aliphatic carbocycles. The first-order valence-electron chi connectivity index (χ1n) is 12.4. The number of aliphatic carboxylic acids is 2. The minimum absolute atomic E-state index is 0.0336. The van der Waals surface area contributed by atoms with Crippen LogP contribution in [0.4, 0.5) is 42.4 Å². The van der Waals surface area contributed by atoms with Gasteiger partial charge in [0.15, 0.2) is 0 Å². The van der Waals surface area contributed by atoms with Crippen LogP contribution in [0.2, 0.25) is 10.0 Å². The van der Waals surface area contributed by atoms with Gasteiger partial charge in [0.05, 0.1) is 34.9 Å². The summed E-state index contributed by atoms with van der Waals surface area (Å²) in [7, 11) is 0. The molecule has 0 spiro atoms. The Balaban J connectivity index is 0.000000789. The van der Waals surface area contributed by atoms with E-state index in [9.17, 15) is 23.3 Å². The van der Waals surface area contributed by atoms with Crippen molar-refractivity contribution in [1.29, 1.82) is 0 Å². The Hall–Kier alpha value is -4.81. The number of halogens is 5. The van der Waals surface area contributed by atoms with Gasteiger partial charge in [0, 0.05) is 44.3 Å². The van der Waals surface area contributed by atoms with Gasteiger partial charge in [0.1, 0.15) is 5.02 Å². The Kier molecular flexibility index (Phi) is 13.6. The van der Waals surface area contributed by atoms with Crippen LogP contribution in [0, 0.1) is 10.1 Å². The van der Waals surface area contributed by atoms with Gasteiger partial charge in [-0.15, -0.1) is 0 Å². The molecule has 0 atom stereocenters. The number of nitro benzene ring substituents is 1. The van der Waals surface area contributed by atoms with Gasteiger partial charge in [-0.2, -0.15) is 33.2 Å². The fraction of sp³-hybridized carbons (Fsp3) is 0.280. The van der Waals surface area contributed by atoms with E-state index in [-0.39, 0.29) is 44.8 Å². The van der Waals surface area contributed by atoms with Crippen LogP contribution in [0.5, 0.6) is 0 Å². The van der Waals surface area contributed by atoms with E-state index < -0.39 is 28.6 Å². The molecular weight excluding hydrogens is 652 g/mol. The third kappa shape index (κ3) is 12.8. The monoisotopic (exact) mass is 676 g/mol. The number of hydrogen-bond acceptors (Lipinski definition) is 12. The number of benzene rings is 2. The zero-order chi connectivity index (χ0) is 33.7. The fourth-order valence-corrected chi connectivity index (χ4v) is 3.73. The van der Waals surface area contributed by atoms with Gasteiger partial charge in [0.25, 0.3) is 17.6 Å². The summed E-state index contributed by atoms with van der Waals surface area (Å²) in [5.74, 6) is -1.50. The molecule has 0 saturated carbocycles. The third-order valence-corrected chi connectivity index (χ3v) is 5.62. The molecule has 2 heterocycles. The zero-order valence-electron chi connectivity index (χ0n) is 23.4. The van der Waals surface area contributed by atoms with Crippen LogP contribution in [0.3, 0.4) is 0 Å². The second-order valence-electron chi connectivity index (χ2n) is 8.58. The Morgan fingerprint density at radius 1 is 1.04 bits per heavy atom. The van der Waals surface area contributed by atoms with Gasteiger partial charge in [-0.3, -0.25) is 19.7 Å².